The first-order valence-electron chi connectivity index (χ1n) is 10.8. The second-order valence-electron chi connectivity index (χ2n) is 8.06. The molecule has 4 N–H and O–H groups in total. The Morgan fingerprint density at radius 2 is 1.88 bits per heavy atom. The Kier molecular flexibility index (Phi) is 10.4. The van der Waals surface area contributed by atoms with E-state index in [0.29, 0.717) is 18.6 Å². The summed E-state index contributed by atoms with van der Waals surface area (Å²) in [5.41, 5.74) is 2.15. The molecule has 0 amide bonds. The van der Waals surface area contributed by atoms with Crippen LogP contribution in [0.1, 0.15) is 37.8 Å². The second-order valence-corrected chi connectivity index (χ2v) is 9.62. The first-order valence-corrected chi connectivity index (χ1v) is 12.3. The quantitative estimate of drug-likeness (QED) is 0.270. The summed E-state index contributed by atoms with van der Waals surface area (Å²) in [4.78, 5) is 7.29. The SMILES string of the molecule is CCNC(=NCc1cccc(S(N)(=O)=O)c1)NC1CCN(Cc2ccccc2)C(C)C1.I. The van der Waals surface area contributed by atoms with Gasteiger partial charge in [0.05, 0.1) is 11.4 Å². The van der Waals surface area contributed by atoms with Gasteiger partial charge in [-0.3, -0.25) is 4.90 Å². The Morgan fingerprint density at radius 3 is 2.53 bits per heavy atom. The van der Waals surface area contributed by atoms with Crippen LogP contribution in [0.15, 0.2) is 64.5 Å². The molecule has 0 spiro atoms. The zero-order chi connectivity index (χ0) is 22.3. The Hall–Kier alpha value is -1.69. The molecule has 2 atom stereocenters. The van der Waals surface area contributed by atoms with Crippen LogP contribution in [0.4, 0.5) is 0 Å². The predicted octanol–water partition coefficient (Wildman–Crippen LogP) is 3.06. The molecule has 1 fully saturated rings. The van der Waals surface area contributed by atoms with Crippen LogP contribution >= 0.6 is 24.0 Å². The maximum atomic E-state index is 11.6. The zero-order valence-corrected chi connectivity index (χ0v) is 21.8. The van der Waals surface area contributed by atoms with Crippen molar-refractivity contribution >= 4 is 40.0 Å². The van der Waals surface area contributed by atoms with Crippen LogP contribution in [0.5, 0.6) is 0 Å². The molecule has 1 aliphatic rings. The van der Waals surface area contributed by atoms with Crippen LogP contribution in [0.2, 0.25) is 0 Å². The summed E-state index contributed by atoms with van der Waals surface area (Å²) in [5, 5.41) is 12.1. The van der Waals surface area contributed by atoms with Gasteiger partial charge < -0.3 is 10.6 Å². The van der Waals surface area contributed by atoms with E-state index in [-0.39, 0.29) is 28.9 Å². The van der Waals surface area contributed by atoms with Crippen LogP contribution in [0.25, 0.3) is 0 Å². The standard InChI is InChI=1S/C23H33N5O2S.HI/c1-3-25-23(26-16-20-10-7-11-22(15-20)31(24,29)30)27-21-12-13-28(18(2)14-21)17-19-8-5-4-6-9-19;/h4-11,15,18,21H,3,12-14,16-17H2,1-2H3,(H2,24,29,30)(H2,25,26,27);1H. The van der Waals surface area contributed by atoms with Gasteiger partial charge in [0.2, 0.25) is 10.0 Å². The fourth-order valence-corrected chi connectivity index (χ4v) is 4.49. The maximum absolute atomic E-state index is 11.6. The molecular formula is C23H34IN5O2S. The molecule has 2 aromatic carbocycles. The highest BCUT2D eigenvalue weighted by atomic mass is 127. The topological polar surface area (TPSA) is 99.8 Å². The van der Waals surface area contributed by atoms with Crippen molar-refractivity contribution in [1.29, 1.82) is 0 Å². The number of guanidine groups is 1. The summed E-state index contributed by atoms with van der Waals surface area (Å²) in [6, 6.07) is 18.0. The first kappa shape index (κ1) is 26.6. The van der Waals surface area contributed by atoms with Gasteiger partial charge in [-0.15, -0.1) is 24.0 Å². The van der Waals surface area contributed by atoms with Crippen molar-refractivity contribution < 1.29 is 8.42 Å². The maximum Gasteiger partial charge on any atom is 0.238 e. The number of halogens is 1. The zero-order valence-electron chi connectivity index (χ0n) is 18.7. The molecule has 176 valence electrons. The largest absolute Gasteiger partial charge is 0.357 e. The fraction of sp³-hybridized carbons (Fsp3) is 0.435. The van der Waals surface area contributed by atoms with Crippen molar-refractivity contribution in [1.82, 2.24) is 15.5 Å². The molecule has 0 aliphatic carbocycles. The van der Waals surface area contributed by atoms with Crippen molar-refractivity contribution in [3.05, 3.63) is 65.7 Å². The average molecular weight is 572 g/mol. The molecule has 2 unspecified atom stereocenters. The van der Waals surface area contributed by atoms with E-state index in [0.717, 1.165) is 44.0 Å². The molecule has 1 saturated heterocycles. The Labute approximate surface area is 208 Å². The molecule has 2 aromatic rings. The van der Waals surface area contributed by atoms with Gasteiger partial charge in [0, 0.05) is 31.7 Å². The lowest BCUT2D eigenvalue weighted by atomic mass is 9.97. The Balaban J connectivity index is 0.00000363. The number of nitrogens with one attached hydrogen (secondary N) is 2. The van der Waals surface area contributed by atoms with E-state index < -0.39 is 10.0 Å². The smallest absolute Gasteiger partial charge is 0.238 e. The molecule has 0 saturated carbocycles. The van der Waals surface area contributed by atoms with E-state index in [4.69, 9.17) is 5.14 Å². The number of nitrogens with two attached hydrogens (primary N) is 1. The summed E-state index contributed by atoms with van der Waals surface area (Å²) in [7, 11) is -3.72. The van der Waals surface area contributed by atoms with Crippen molar-refractivity contribution in [2.45, 2.75) is 56.8 Å². The Bertz CT molecular complexity index is 985. The van der Waals surface area contributed by atoms with Crippen LogP contribution in [-0.2, 0) is 23.1 Å². The molecule has 1 aliphatic heterocycles. The molecule has 32 heavy (non-hydrogen) atoms. The minimum Gasteiger partial charge on any atom is -0.357 e. The molecular weight excluding hydrogens is 537 g/mol. The minimum atomic E-state index is -3.72. The number of primary sulfonamides is 1. The van der Waals surface area contributed by atoms with Gasteiger partial charge in [-0.2, -0.15) is 0 Å². The van der Waals surface area contributed by atoms with Gasteiger partial charge in [-0.25, -0.2) is 18.5 Å². The highest BCUT2D eigenvalue weighted by Gasteiger charge is 2.26. The van der Waals surface area contributed by atoms with E-state index in [2.05, 4.69) is 57.8 Å². The lowest BCUT2D eigenvalue weighted by Gasteiger charge is -2.38. The fourth-order valence-electron chi connectivity index (χ4n) is 3.91. The predicted molar refractivity (Wildman–Crippen MR) is 141 cm³/mol. The number of rotatable bonds is 7. The van der Waals surface area contributed by atoms with Crippen LogP contribution in [-0.4, -0.2) is 44.5 Å². The lowest BCUT2D eigenvalue weighted by molar-refractivity contribution is 0.134. The molecule has 0 radical (unpaired) electrons. The van der Waals surface area contributed by atoms with Gasteiger partial charge in [-0.1, -0.05) is 42.5 Å². The summed E-state index contributed by atoms with van der Waals surface area (Å²) in [6.07, 6.45) is 2.08. The second kappa shape index (κ2) is 12.5. The van der Waals surface area contributed by atoms with E-state index in [1.807, 2.05) is 13.0 Å². The monoisotopic (exact) mass is 571 g/mol. The lowest BCUT2D eigenvalue weighted by Crippen LogP contribution is -2.51. The number of likely N-dealkylation sites (tertiary alicyclic amines) is 1. The van der Waals surface area contributed by atoms with Gasteiger partial charge in [0.25, 0.3) is 0 Å². The van der Waals surface area contributed by atoms with E-state index in [9.17, 15) is 8.42 Å². The normalized spacial score (nSPS) is 19.8. The van der Waals surface area contributed by atoms with E-state index >= 15 is 0 Å². The Morgan fingerprint density at radius 1 is 1.16 bits per heavy atom. The summed E-state index contributed by atoms with van der Waals surface area (Å²) >= 11 is 0. The third-order valence-electron chi connectivity index (χ3n) is 5.57. The van der Waals surface area contributed by atoms with Gasteiger partial charge >= 0.3 is 0 Å². The van der Waals surface area contributed by atoms with Gasteiger partial charge in [0.1, 0.15) is 0 Å². The highest BCUT2D eigenvalue weighted by molar-refractivity contribution is 14.0. The first-order chi connectivity index (χ1) is 14.8. The van der Waals surface area contributed by atoms with Crippen LogP contribution in [0, 0.1) is 0 Å². The molecule has 9 heteroatoms. The third-order valence-corrected chi connectivity index (χ3v) is 6.49. The van der Waals surface area contributed by atoms with E-state index in [1.54, 1.807) is 12.1 Å². The highest BCUT2D eigenvalue weighted by Crippen LogP contribution is 2.20. The third kappa shape index (κ3) is 8.02. The van der Waals surface area contributed by atoms with Gasteiger partial charge in [-0.05, 0) is 49.9 Å². The summed E-state index contributed by atoms with van der Waals surface area (Å²) in [6.45, 7) is 7.45. The van der Waals surface area contributed by atoms with Gasteiger partial charge in [0.15, 0.2) is 5.96 Å². The number of hydrogen-bond donors (Lipinski definition) is 3. The number of hydrogen-bond acceptors (Lipinski definition) is 4. The van der Waals surface area contributed by atoms with Crippen molar-refractivity contribution in [2.75, 3.05) is 13.1 Å². The number of sulfonamides is 1. The summed E-state index contributed by atoms with van der Waals surface area (Å²) in [5.74, 6) is 0.747. The summed E-state index contributed by atoms with van der Waals surface area (Å²) < 4.78 is 23.1. The molecule has 0 aromatic heterocycles. The molecule has 1 heterocycles. The number of benzene rings is 2. The van der Waals surface area contributed by atoms with Crippen molar-refractivity contribution in [2.24, 2.45) is 10.1 Å². The van der Waals surface area contributed by atoms with Crippen molar-refractivity contribution in [3.63, 3.8) is 0 Å². The molecule has 7 nitrogen and oxygen atoms in total. The molecule has 0 bridgehead atoms. The number of aliphatic imine (C=N–C) groups is 1. The number of nitrogens with zero attached hydrogens (tertiary/aromatic N) is 2. The van der Waals surface area contributed by atoms with Crippen LogP contribution < -0.4 is 15.8 Å². The minimum absolute atomic E-state index is 0. The van der Waals surface area contributed by atoms with Crippen LogP contribution in [0.3, 0.4) is 0 Å². The average Bonchev–Trinajstić information content (AvgIpc) is 2.74. The molecule has 3 rings (SSSR count). The van der Waals surface area contributed by atoms with E-state index in [1.165, 1.54) is 11.6 Å². The van der Waals surface area contributed by atoms with Crippen molar-refractivity contribution in [3.8, 4) is 0 Å². The number of piperidine rings is 1.